The van der Waals surface area contributed by atoms with Crippen molar-refractivity contribution in [1.29, 1.82) is 0 Å². The van der Waals surface area contributed by atoms with Gasteiger partial charge in [0.1, 0.15) is 35.1 Å². The van der Waals surface area contributed by atoms with Crippen LogP contribution in [0.3, 0.4) is 0 Å². The van der Waals surface area contributed by atoms with Crippen LogP contribution in [0.25, 0.3) is 11.6 Å². The number of carbonyl (C=O) groups excluding carboxylic acids is 2. The molecule has 45 heavy (non-hydrogen) atoms. The molecule has 4 bridgehead atoms. The van der Waals surface area contributed by atoms with E-state index in [0.29, 0.717) is 28.9 Å². The van der Waals surface area contributed by atoms with Gasteiger partial charge in [0, 0.05) is 17.7 Å². The van der Waals surface area contributed by atoms with E-state index in [1.165, 1.54) is 0 Å². The van der Waals surface area contributed by atoms with Gasteiger partial charge in [-0.2, -0.15) is 0 Å². The number of nitrogens with one attached hydrogen (secondary N) is 3. The number of anilines is 1. The Morgan fingerprint density at radius 3 is 2.53 bits per heavy atom. The smallest absolute Gasteiger partial charge is 0.249 e. The van der Waals surface area contributed by atoms with Gasteiger partial charge in [0.2, 0.25) is 23.6 Å². The van der Waals surface area contributed by atoms with Gasteiger partial charge in [-0.05, 0) is 48.9 Å². The van der Waals surface area contributed by atoms with Crippen molar-refractivity contribution in [1.82, 2.24) is 20.6 Å². The number of amides is 2. The summed E-state index contributed by atoms with van der Waals surface area (Å²) < 4.78 is 19.6. The van der Waals surface area contributed by atoms with Crippen LogP contribution in [-0.2, 0) is 21.4 Å². The van der Waals surface area contributed by atoms with Crippen LogP contribution in [-0.4, -0.2) is 45.3 Å². The number of hydrogen-bond donors (Lipinski definition) is 4. The van der Waals surface area contributed by atoms with Crippen LogP contribution in [0.15, 0.2) is 51.3 Å². The molecule has 1 spiro atoms. The fourth-order valence-electron chi connectivity index (χ4n) is 6.58. The van der Waals surface area contributed by atoms with Crippen LogP contribution in [0.1, 0.15) is 73.5 Å². The highest BCUT2D eigenvalue weighted by atomic mass is 16.5. The van der Waals surface area contributed by atoms with Gasteiger partial charge in [0.25, 0.3) is 0 Å². The maximum absolute atomic E-state index is 13.9. The topological polar surface area (TPSA) is 152 Å². The molecular formula is C34H37N5O6. The molecule has 4 N–H and O–H groups in total. The summed E-state index contributed by atoms with van der Waals surface area (Å²) >= 11 is 0. The molecule has 2 aromatic carbocycles. The quantitative estimate of drug-likeness (QED) is 0.259. The van der Waals surface area contributed by atoms with E-state index in [2.05, 4.69) is 22.0 Å². The second-order valence-electron chi connectivity index (χ2n) is 12.9. The van der Waals surface area contributed by atoms with E-state index >= 15 is 0 Å². The molecule has 11 nitrogen and oxygen atoms in total. The third-order valence-corrected chi connectivity index (χ3v) is 9.18. The zero-order valence-corrected chi connectivity index (χ0v) is 26.1. The standard InChI is InChI=1S/C34H37N5O6/c1-15(2)25-31-39-26(32-35-17(5)18(6)43-32)28(45-31)34-20-9-7-8-10-22(20)37-33(34)44-24-12-11-19(13-21(24)34)14-23(29(41)38-25)36-30(42)27(40)16(3)4/h7-13,15-16,23,25,27,33,37,40H,14H2,1-6H3,(H,36,42)(H,38,41)/t23-,25-,27-,33?,34?/m0/s1. The first kappa shape index (κ1) is 29.1. The maximum Gasteiger partial charge on any atom is 0.249 e. The van der Waals surface area contributed by atoms with Crippen LogP contribution in [0.4, 0.5) is 5.69 Å². The summed E-state index contributed by atoms with van der Waals surface area (Å²) in [6.07, 6.45) is -1.64. The first-order chi connectivity index (χ1) is 21.5. The normalized spacial score (nSPS) is 23.8. The average Bonchev–Trinajstić information content (AvgIpc) is 3.74. The van der Waals surface area contributed by atoms with Gasteiger partial charge < -0.3 is 34.6 Å². The van der Waals surface area contributed by atoms with Gasteiger partial charge in [0.05, 0.1) is 5.69 Å². The monoisotopic (exact) mass is 611 g/mol. The van der Waals surface area contributed by atoms with E-state index in [4.69, 9.17) is 23.5 Å². The minimum absolute atomic E-state index is 0.141. The molecule has 11 heteroatoms. The molecule has 0 aliphatic carbocycles. The Balaban J connectivity index is 1.49. The number of oxazole rings is 2. The Bertz CT molecular complexity index is 1810. The highest BCUT2D eigenvalue weighted by molar-refractivity contribution is 5.90. The first-order valence-electron chi connectivity index (χ1n) is 15.4. The molecule has 3 aliphatic heterocycles. The molecular weight excluding hydrogens is 574 g/mol. The third-order valence-electron chi connectivity index (χ3n) is 9.18. The number of hydrogen-bond acceptors (Lipinski definition) is 9. The van der Waals surface area contributed by atoms with E-state index in [-0.39, 0.29) is 24.1 Å². The summed E-state index contributed by atoms with van der Waals surface area (Å²) in [7, 11) is 0. The van der Waals surface area contributed by atoms with Crippen molar-refractivity contribution in [3.05, 3.63) is 82.3 Å². The Morgan fingerprint density at radius 1 is 1.04 bits per heavy atom. The van der Waals surface area contributed by atoms with Crippen molar-refractivity contribution in [2.24, 2.45) is 11.8 Å². The van der Waals surface area contributed by atoms with E-state index in [1.807, 2.05) is 64.1 Å². The number of benzene rings is 2. The highest BCUT2D eigenvalue weighted by Crippen LogP contribution is 2.59. The molecule has 0 saturated heterocycles. The number of aliphatic hydroxyl groups is 1. The van der Waals surface area contributed by atoms with Crippen LogP contribution < -0.4 is 20.7 Å². The molecule has 0 saturated carbocycles. The lowest BCUT2D eigenvalue weighted by atomic mass is 9.72. The predicted octanol–water partition coefficient (Wildman–Crippen LogP) is 4.30. The van der Waals surface area contributed by atoms with Gasteiger partial charge in [-0.1, -0.05) is 58.0 Å². The Labute approximate surface area is 260 Å². The zero-order chi connectivity index (χ0) is 31.8. The third kappa shape index (κ3) is 4.43. The van der Waals surface area contributed by atoms with E-state index in [9.17, 15) is 14.7 Å². The van der Waals surface area contributed by atoms with Gasteiger partial charge in [-0.15, -0.1) is 0 Å². The largest absolute Gasteiger partial charge is 0.469 e. The summed E-state index contributed by atoms with van der Waals surface area (Å²) in [6, 6.07) is 12.2. The van der Waals surface area contributed by atoms with Gasteiger partial charge in [0.15, 0.2) is 17.7 Å². The molecule has 0 radical (unpaired) electrons. The number of para-hydroxylation sites is 1. The molecule has 234 valence electrons. The van der Waals surface area contributed by atoms with Crippen molar-refractivity contribution < 1.29 is 28.3 Å². The van der Waals surface area contributed by atoms with Gasteiger partial charge in [-0.25, -0.2) is 9.97 Å². The first-order valence-corrected chi connectivity index (χ1v) is 15.4. The van der Waals surface area contributed by atoms with E-state index in [1.54, 1.807) is 13.8 Å². The van der Waals surface area contributed by atoms with Gasteiger partial charge in [-0.3, -0.25) is 9.59 Å². The Kier molecular flexibility index (Phi) is 6.77. The minimum Gasteiger partial charge on any atom is -0.469 e. The number of aryl methyl sites for hydroxylation is 2. The summed E-state index contributed by atoms with van der Waals surface area (Å²) in [5, 5.41) is 19.9. The Morgan fingerprint density at radius 2 is 1.82 bits per heavy atom. The summed E-state index contributed by atoms with van der Waals surface area (Å²) in [5.74, 6) is 0.938. The lowest BCUT2D eigenvalue weighted by Gasteiger charge is -2.29. The fraction of sp³-hybridized carbons (Fsp3) is 0.412. The van der Waals surface area contributed by atoms with Crippen molar-refractivity contribution >= 4 is 17.5 Å². The number of fused-ring (bicyclic) bond motifs is 4. The molecule has 3 aliphatic rings. The average molecular weight is 612 g/mol. The minimum atomic E-state index is -1.26. The molecule has 2 aromatic heterocycles. The van der Waals surface area contributed by atoms with E-state index < -0.39 is 41.6 Å². The molecule has 4 aromatic rings. The maximum atomic E-state index is 13.9. The second-order valence-corrected chi connectivity index (χ2v) is 12.9. The van der Waals surface area contributed by atoms with Crippen molar-refractivity contribution in [2.75, 3.05) is 5.32 Å². The molecule has 7 rings (SSSR count). The molecule has 5 heterocycles. The number of carbonyl (C=O) groups is 2. The van der Waals surface area contributed by atoms with Crippen molar-refractivity contribution in [3.8, 4) is 17.3 Å². The molecule has 0 fully saturated rings. The number of ether oxygens (including phenoxy) is 1. The highest BCUT2D eigenvalue weighted by Gasteiger charge is 2.61. The zero-order valence-electron chi connectivity index (χ0n) is 26.1. The lowest BCUT2D eigenvalue weighted by molar-refractivity contribution is -0.135. The van der Waals surface area contributed by atoms with Crippen LogP contribution in [0.2, 0.25) is 0 Å². The number of aliphatic hydroxyl groups excluding tert-OH is 1. The van der Waals surface area contributed by atoms with Crippen LogP contribution in [0, 0.1) is 25.7 Å². The fourth-order valence-corrected chi connectivity index (χ4v) is 6.58. The van der Waals surface area contributed by atoms with Crippen molar-refractivity contribution in [3.63, 3.8) is 0 Å². The van der Waals surface area contributed by atoms with Crippen LogP contribution >= 0.6 is 0 Å². The SMILES string of the molecule is Cc1nc(-c2nc3oc2C24c5ccccc5NC2Oc2ccc(cc24)C[C@H](NC(=O)[C@@H](O)C(C)C)C(=O)N[C@H]3C(C)C)oc1C. The molecule has 2 unspecified atom stereocenters. The second kappa shape index (κ2) is 10.5. The number of rotatable bonds is 5. The summed E-state index contributed by atoms with van der Waals surface area (Å²) in [6.45, 7) is 11.1. The molecule has 2 amide bonds. The Hall–Kier alpha value is -4.64. The predicted molar refractivity (Wildman–Crippen MR) is 164 cm³/mol. The summed E-state index contributed by atoms with van der Waals surface area (Å²) in [4.78, 5) is 36.7. The van der Waals surface area contributed by atoms with Crippen molar-refractivity contribution in [2.45, 2.75) is 77.8 Å². The van der Waals surface area contributed by atoms with Crippen LogP contribution in [0.5, 0.6) is 5.75 Å². The van der Waals surface area contributed by atoms with Gasteiger partial charge >= 0.3 is 0 Å². The number of aromatic nitrogens is 2. The molecule has 5 atom stereocenters. The number of nitrogens with zero attached hydrogens (tertiary/aromatic N) is 2. The lowest BCUT2D eigenvalue weighted by Crippen LogP contribution is -2.52. The van der Waals surface area contributed by atoms with E-state index in [0.717, 1.165) is 28.1 Å². The summed E-state index contributed by atoms with van der Waals surface area (Å²) in [5.41, 5.74) is 3.66.